The molecular formula is C23H27N3O3S. The molecule has 0 saturated carbocycles. The second-order valence-corrected chi connectivity index (χ2v) is 8.23. The number of thioether (sulfide) groups is 1. The number of hydrogen-bond donors (Lipinski definition) is 0. The van der Waals surface area contributed by atoms with Gasteiger partial charge in [0.15, 0.2) is 10.9 Å². The first kappa shape index (κ1) is 22.1. The van der Waals surface area contributed by atoms with Crippen molar-refractivity contribution in [2.24, 2.45) is 0 Å². The zero-order valence-corrected chi connectivity index (χ0v) is 18.7. The summed E-state index contributed by atoms with van der Waals surface area (Å²) < 4.78 is 8.96. The Bertz CT molecular complexity index is 1150. The Labute approximate surface area is 180 Å². The van der Waals surface area contributed by atoms with E-state index in [0.29, 0.717) is 34.8 Å². The summed E-state index contributed by atoms with van der Waals surface area (Å²) in [5.74, 6) is 0.210. The van der Waals surface area contributed by atoms with Gasteiger partial charge in [0.25, 0.3) is 5.56 Å². The summed E-state index contributed by atoms with van der Waals surface area (Å²) in [6, 6.07) is 9.31. The van der Waals surface area contributed by atoms with E-state index >= 15 is 0 Å². The number of fused-ring (bicyclic) bond motifs is 1. The number of carbonyl (C=O) groups excluding carboxylic acids is 1. The lowest BCUT2D eigenvalue weighted by Gasteiger charge is -2.17. The molecule has 0 bridgehead atoms. The minimum Gasteiger partial charge on any atom is -0.383 e. The standard InChI is InChI=1S/C23H27N3O3S/c1-6-11-25-22(28)18-9-7-8-10-20(18)24-23(25)30-14-21(27)19-12-15(2)26(17(19)4)16(3)13-29-5/h6-10,12,16H,1,11,13-14H2,2-5H3/t16-/m0/s1. The van der Waals surface area contributed by atoms with Crippen molar-refractivity contribution in [1.82, 2.24) is 14.1 Å². The number of allylic oxidation sites excluding steroid dienone is 1. The van der Waals surface area contributed by atoms with Crippen molar-refractivity contribution in [2.75, 3.05) is 19.5 Å². The summed E-state index contributed by atoms with van der Waals surface area (Å²) >= 11 is 1.28. The van der Waals surface area contributed by atoms with Crippen molar-refractivity contribution in [3.8, 4) is 0 Å². The molecule has 7 heteroatoms. The summed E-state index contributed by atoms with van der Waals surface area (Å²) in [6.45, 7) is 10.7. The Balaban J connectivity index is 1.89. The molecule has 3 aromatic rings. The predicted octanol–water partition coefficient (Wildman–Crippen LogP) is 4.18. The molecule has 0 spiro atoms. The van der Waals surface area contributed by atoms with Crippen molar-refractivity contribution in [3.63, 3.8) is 0 Å². The van der Waals surface area contributed by atoms with Crippen molar-refractivity contribution in [3.05, 3.63) is 70.3 Å². The van der Waals surface area contributed by atoms with Gasteiger partial charge in [-0.2, -0.15) is 0 Å². The maximum Gasteiger partial charge on any atom is 0.262 e. The van der Waals surface area contributed by atoms with Gasteiger partial charge in [0.2, 0.25) is 0 Å². The third-order valence-electron chi connectivity index (χ3n) is 5.10. The quantitative estimate of drug-likeness (QED) is 0.223. The lowest BCUT2D eigenvalue weighted by atomic mass is 10.2. The number of aromatic nitrogens is 3. The predicted molar refractivity (Wildman–Crippen MR) is 122 cm³/mol. The van der Waals surface area contributed by atoms with Gasteiger partial charge in [-0.1, -0.05) is 30.0 Å². The molecule has 0 aliphatic carbocycles. The van der Waals surface area contributed by atoms with E-state index in [1.54, 1.807) is 23.8 Å². The van der Waals surface area contributed by atoms with E-state index in [1.807, 2.05) is 38.1 Å². The van der Waals surface area contributed by atoms with E-state index in [1.165, 1.54) is 11.8 Å². The highest BCUT2D eigenvalue weighted by Crippen LogP contribution is 2.24. The second kappa shape index (κ2) is 9.45. The summed E-state index contributed by atoms with van der Waals surface area (Å²) in [4.78, 5) is 30.5. The molecule has 158 valence electrons. The summed E-state index contributed by atoms with van der Waals surface area (Å²) in [7, 11) is 1.67. The monoisotopic (exact) mass is 425 g/mol. The van der Waals surface area contributed by atoms with Crippen molar-refractivity contribution in [2.45, 2.75) is 38.5 Å². The fraction of sp³-hybridized carbons (Fsp3) is 0.348. The molecular weight excluding hydrogens is 398 g/mol. The maximum absolute atomic E-state index is 13.0. The van der Waals surface area contributed by atoms with E-state index in [2.05, 4.69) is 23.1 Å². The van der Waals surface area contributed by atoms with E-state index in [-0.39, 0.29) is 23.1 Å². The molecule has 2 aromatic heterocycles. The van der Waals surface area contributed by atoms with E-state index in [0.717, 1.165) is 11.4 Å². The lowest BCUT2D eigenvalue weighted by molar-refractivity contribution is 0.102. The third kappa shape index (κ3) is 4.27. The molecule has 0 radical (unpaired) electrons. The number of nitrogens with zero attached hydrogens (tertiary/aromatic N) is 3. The van der Waals surface area contributed by atoms with E-state index in [9.17, 15) is 9.59 Å². The number of ketones is 1. The zero-order chi connectivity index (χ0) is 21.8. The van der Waals surface area contributed by atoms with Crippen molar-refractivity contribution >= 4 is 28.4 Å². The fourth-order valence-electron chi connectivity index (χ4n) is 3.81. The van der Waals surface area contributed by atoms with Crippen LogP contribution in [0.2, 0.25) is 0 Å². The molecule has 2 heterocycles. The first-order chi connectivity index (χ1) is 14.4. The maximum atomic E-state index is 13.0. The summed E-state index contributed by atoms with van der Waals surface area (Å²) in [6.07, 6.45) is 1.66. The van der Waals surface area contributed by atoms with Crippen LogP contribution in [-0.2, 0) is 11.3 Å². The van der Waals surface area contributed by atoms with Crippen LogP contribution >= 0.6 is 11.8 Å². The topological polar surface area (TPSA) is 66.1 Å². The number of carbonyl (C=O) groups is 1. The Morgan fingerprint density at radius 3 is 2.77 bits per heavy atom. The molecule has 1 atom stereocenters. The van der Waals surface area contributed by atoms with Crippen LogP contribution in [0.1, 0.15) is 34.7 Å². The molecule has 3 rings (SSSR count). The van der Waals surface area contributed by atoms with Crippen LogP contribution in [0, 0.1) is 13.8 Å². The number of Topliss-reactive ketones (excluding diaryl/α,β-unsaturated/α-hetero) is 1. The van der Waals surface area contributed by atoms with E-state index < -0.39 is 0 Å². The molecule has 6 nitrogen and oxygen atoms in total. The molecule has 0 amide bonds. The van der Waals surface area contributed by atoms with Gasteiger partial charge in [-0.05, 0) is 39.0 Å². The molecule has 0 unspecified atom stereocenters. The Morgan fingerprint density at radius 1 is 1.33 bits per heavy atom. The smallest absolute Gasteiger partial charge is 0.262 e. The van der Waals surface area contributed by atoms with Crippen LogP contribution in [0.3, 0.4) is 0 Å². The number of benzene rings is 1. The highest BCUT2D eigenvalue weighted by molar-refractivity contribution is 7.99. The zero-order valence-electron chi connectivity index (χ0n) is 17.8. The number of para-hydroxylation sites is 1. The minimum absolute atomic E-state index is 0.0107. The molecule has 30 heavy (non-hydrogen) atoms. The molecule has 0 fully saturated rings. The molecule has 0 aliphatic rings. The minimum atomic E-state index is -0.123. The Hall–Kier alpha value is -2.64. The van der Waals surface area contributed by atoms with Crippen molar-refractivity contribution < 1.29 is 9.53 Å². The van der Waals surface area contributed by atoms with Gasteiger partial charge in [-0.25, -0.2) is 4.98 Å². The van der Waals surface area contributed by atoms with Crippen LogP contribution in [0.15, 0.2) is 52.9 Å². The van der Waals surface area contributed by atoms with Gasteiger partial charge < -0.3 is 9.30 Å². The highest BCUT2D eigenvalue weighted by Gasteiger charge is 2.20. The highest BCUT2D eigenvalue weighted by atomic mass is 32.2. The summed E-state index contributed by atoms with van der Waals surface area (Å²) in [5.41, 5.74) is 3.16. The molecule has 0 saturated heterocycles. The Kier molecular flexibility index (Phi) is 6.95. The molecule has 0 aliphatic heterocycles. The van der Waals surface area contributed by atoms with Gasteiger partial charge >= 0.3 is 0 Å². The number of rotatable bonds is 9. The van der Waals surface area contributed by atoms with E-state index in [4.69, 9.17) is 4.74 Å². The largest absolute Gasteiger partial charge is 0.383 e. The normalized spacial score (nSPS) is 12.3. The van der Waals surface area contributed by atoms with Gasteiger partial charge in [-0.15, -0.1) is 6.58 Å². The first-order valence-electron chi connectivity index (χ1n) is 9.82. The van der Waals surface area contributed by atoms with Crippen LogP contribution < -0.4 is 5.56 Å². The Morgan fingerprint density at radius 2 is 2.07 bits per heavy atom. The number of aryl methyl sites for hydroxylation is 1. The SMILES string of the molecule is C=CCn1c(SCC(=O)c2cc(C)n([C@@H](C)COC)c2C)nc2ccccc2c1=O. The molecule has 1 aromatic carbocycles. The molecule has 0 N–H and O–H groups in total. The van der Waals surface area contributed by atoms with Crippen molar-refractivity contribution in [1.29, 1.82) is 0 Å². The average molecular weight is 426 g/mol. The van der Waals surface area contributed by atoms with Gasteiger partial charge in [0, 0.05) is 30.6 Å². The second-order valence-electron chi connectivity index (χ2n) is 7.29. The van der Waals surface area contributed by atoms with Crippen LogP contribution in [0.5, 0.6) is 0 Å². The average Bonchev–Trinajstić information content (AvgIpc) is 3.03. The summed E-state index contributed by atoms with van der Waals surface area (Å²) in [5, 5.41) is 1.08. The fourth-order valence-corrected chi connectivity index (χ4v) is 4.70. The van der Waals surface area contributed by atoms with Crippen LogP contribution in [0.25, 0.3) is 10.9 Å². The first-order valence-corrected chi connectivity index (χ1v) is 10.8. The van der Waals surface area contributed by atoms with Crippen LogP contribution in [0.4, 0.5) is 0 Å². The van der Waals surface area contributed by atoms with Gasteiger partial charge in [0.1, 0.15) is 0 Å². The van der Waals surface area contributed by atoms with Crippen LogP contribution in [-0.4, -0.2) is 39.4 Å². The number of methoxy groups -OCH3 is 1. The third-order valence-corrected chi connectivity index (χ3v) is 6.08. The lowest BCUT2D eigenvalue weighted by Crippen LogP contribution is -2.23. The number of ether oxygens (including phenoxy) is 1. The van der Waals surface area contributed by atoms with Gasteiger partial charge in [0.05, 0.1) is 29.3 Å². The van der Waals surface area contributed by atoms with Gasteiger partial charge in [-0.3, -0.25) is 14.2 Å². The number of hydrogen-bond acceptors (Lipinski definition) is 5.